The van der Waals surface area contributed by atoms with E-state index in [-0.39, 0.29) is 5.91 Å². The maximum atomic E-state index is 12.2. The number of hydrogen-bond acceptors (Lipinski definition) is 4. The highest BCUT2D eigenvalue weighted by Gasteiger charge is 2.23. The van der Waals surface area contributed by atoms with Crippen LogP contribution in [0.2, 0.25) is 0 Å². The lowest BCUT2D eigenvalue weighted by Crippen LogP contribution is -2.56. The molecule has 0 bridgehead atoms. The van der Waals surface area contributed by atoms with E-state index in [9.17, 15) is 4.79 Å². The molecule has 1 aromatic heterocycles. The van der Waals surface area contributed by atoms with Gasteiger partial charge in [0.2, 0.25) is 5.91 Å². The van der Waals surface area contributed by atoms with Crippen LogP contribution in [0.25, 0.3) is 0 Å². The fourth-order valence-corrected chi connectivity index (χ4v) is 3.29. The smallest absolute Gasteiger partial charge is 0.236 e. The highest BCUT2D eigenvalue weighted by Crippen LogP contribution is 2.09. The molecule has 19 heavy (non-hydrogen) atoms. The van der Waals surface area contributed by atoms with Crippen molar-refractivity contribution in [3.63, 3.8) is 0 Å². The van der Waals surface area contributed by atoms with E-state index in [0.717, 1.165) is 13.1 Å². The molecule has 1 aliphatic rings. The summed E-state index contributed by atoms with van der Waals surface area (Å²) in [5.41, 5.74) is 1.21. The molecule has 2 rings (SSSR count). The molecule has 1 aliphatic heterocycles. The van der Waals surface area contributed by atoms with Gasteiger partial charge in [-0.2, -0.15) is 11.3 Å². The lowest BCUT2D eigenvalue weighted by molar-refractivity contribution is -0.132. The number of hydrogen-bond donors (Lipinski definition) is 1. The Morgan fingerprint density at radius 3 is 2.74 bits per heavy atom. The first-order chi connectivity index (χ1) is 9.04. The molecule has 2 atom stereocenters. The van der Waals surface area contributed by atoms with Crippen LogP contribution in [-0.2, 0) is 11.3 Å². The van der Waals surface area contributed by atoms with Crippen molar-refractivity contribution in [3.8, 4) is 0 Å². The molecule has 0 aliphatic carbocycles. The summed E-state index contributed by atoms with van der Waals surface area (Å²) in [6, 6.07) is 2.99. The highest BCUT2D eigenvalue weighted by molar-refractivity contribution is 7.07. The number of nitrogens with one attached hydrogen (secondary N) is 1. The third-order valence-electron chi connectivity index (χ3n) is 3.42. The zero-order valence-corrected chi connectivity index (χ0v) is 12.7. The molecule has 0 saturated carbocycles. The lowest BCUT2D eigenvalue weighted by atomic mass is 10.1. The van der Waals surface area contributed by atoms with E-state index in [1.54, 1.807) is 11.3 Å². The number of rotatable bonds is 4. The predicted molar refractivity (Wildman–Crippen MR) is 79.3 cm³/mol. The number of likely N-dealkylation sites (N-methyl/N-ethyl adjacent to an activating group) is 1. The normalized spacial score (nSPS) is 24.4. The summed E-state index contributed by atoms with van der Waals surface area (Å²) >= 11 is 1.67. The number of piperazine rings is 1. The van der Waals surface area contributed by atoms with Gasteiger partial charge in [0.15, 0.2) is 0 Å². The van der Waals surface area contributed by atoms with Crippen molar-refractivity contribution < 1.29 is 4.79 Å². The van der Waals surface area contributed by atoms with Crippen molar-refractivity contribution in [1.82, 2.24) is 15.1 Å². The summed E-state index contributed by atoms with van der Waals surface area (Å²) in [4.78, 5) is 16.3. The van der Waals surface area contributed by atoms with Gasteiger partial charge in [-0.3, -0.25) is 9.69 Å². The SMILES string of the molecule is CC1CN(CC(=O)N(C)Cc2ccsc2)CC(C)N1. The minimum Gasteiger partial charge on any atom is -0.340 e. The standard InChI is InChI=1S/C14H23N3OS/c1-11-6-17(7-12(2)15-11)9-14(18)16(3)8-13-4-5-19-10-13/h4-5,10-12,15H,6-9H2,1-3H3. The molecule has 0 spiro atoms. The molecule has 2 heterocycles. The summed E-state index contributed by atoms with van der Waals surface area (Å²) in [5, 5.41) is 7.63. The largest absolute Gasteiger partial charge is 0.340 e. The van der Waals surface area contributed by atoms with Gasteiger partial charge < -0.3 is 10.2 Å². The van der Waals surface area contributed by atoms with Crippen LogP contribution in [-0.4, -0.2) is 54.5 Å². The van der Waals surface area contributed by atoms with Crippen molar-refractivity contribution in [3.05, 3.63) is 22.4 Å². The second-order valence-electron chi connectivity index (χ2n) is 5.54. The minimum atomic E-state index is 0.201. The summed E-state index contributed by atoms with van der Waals surface area (Å²) < 4.78 is 0. The van der Waals surface area contributed by atoms with Crippen LogP contribution in [0.4, 0.5) is 0 Å². The quantitative estimate of drug-likeness (QED) is 0.906. The van der Waals surface area contributed by atoms with Gasteiger partial charge in [0.25, 0.3) is 0 Å². The van der Waals surface area contributed by atoms with E-state index in [4.69, 9.17) is 0 Å². The third kappa shape index (κ3) is 4.30. The molecule has 5 heteroatoms. The molecular formula is C14H23N3OS. The number of amides is 1. The summed E-state index contributed by atoms with van der Waals surface area (Å²) in [5.74, 6) is 0.201. The molecule has 1 N–H and O–H groups in total. The van der Waals surface area contributed by atoms with Gasteiger partial charge in [0, 0.05) is 38.8 Å². The molecule has 0 aromatic carbocycles. The monoisotopic (exact) mass is 281 g/mol. The van der Waals surface area contributed by atoms with E-state index in [2.05, 4.69) is 35.5 Å². The van der Waals surface area contributed by atoms with Crippen LogP contribution in [0.1, 0.15) is 19.4 Å². The second-order valence-corrected chi connectivity index (χ2v) is 6.32. The molecule has 2 unspecified atom stereocenters. The van der Waals surface area contributed by atoms with Crippen LogP contribution in [0.5, 0.6) is 0 Å². The molecule has 1 fully saturated rings. The van der Waals surface area contributed by atoms with Crippen molar-refractivity contribution in [2.75, 3.05) is 26.7 Å². The molecule has 106 valence electrons. The molecule has 0 radical (unpaired) electrons. The molecular weight excluding hydrogens is 258 g/mol. The first-order valence-electron chi connectivity index (χ1n) is 6.78. The Labute approximate surface area is 119 Å². The van der Waals surface area contributed by atoms with Gasteiger partial charge in [0.1, 0.15) is 0 Å². The fraction of sp³-hybridized carbons (Fsp3) is 0.643. The van der Waals surface area contributed by atoms with E-state index >= 15 is 0 Å². The third-order valence-corrected chi connectivity index (χ3v) is 4.15. The van der Waals surface area contributed by atoms with Crippen molar-refractivity contribution in [1.29, 1.82) is 0 Å². The van der Waals surface area contributed by atoms with Crippen molar-refractivity contribution in [2.24, 2.45) is 0 Å². The lowest BCUT2D eigenvalue weighted by Gasteiger charge is -2.36. The Morgan fingerprint density at radius 2 is 2.16 bits per heavy atom. The first-order valence-corrected chi connectivity index (χ1v) is 7.72. The molecule has 4 nitrogen and oxygen atoms in total. The molecule has 1 amide bonds. The van der Waals surface area contributed by atoms with Crippen LogP contribution in [0, 0.1) is 0 Å². The zero-order valence-electron chi connectivity index (χ0n) is 11.9. The topological polar surface area (TPSA) is 35.6 Å². The summed E-state index contributed by atoms with van der Waals surface area (Å²) in [6.45, 7) is 7.46. The Morgan fingerprint density at radius 1 is 1.47 bits per heavy atom. The van der Waals surface area contributed by atoms with Gasteiger partial charge in [0.05, 0.1) is 6.54 Å². The second kappa shape index (κ2) is 6.50. The number of nitrogens with zero attached hydrogens (tertiary/aromatic N) is 2. The summed E-state index contributed by atoms with van der Waals surface area (Å²) in [7, 11) is 1.88. The number of thiophene rings is 1. The Balaban J connectivity index is 1.82. The maximum absolute atomic E-state index is 12.2. The first kappa shape index (κ1) is 14.5. The summed E-state index contributed by atoms with van der Waals surface area (Å²) in [6.07, 6.45) is 0. The van der Waals surface area contributed by atoms with E-state index < -0.39 is 0 Å². The highest BCUT2D eigenvalue weighted by atomic mass is 32.1. The van der Waals surface area contributed by atoms with Gasteiger partial charge in [-0.15, -0.1) is 0 Å². The van der Waals surface area contributed by atoms with Crippen molar-refractivity contribution >= 4 is 17.2 Å². The van der Waals surface area contributed by atoms with E-state index in [1.807, 2.05) is 17.3 Å². The van der Waals surface area contributed by atoms with Gasteiger partial charge >= 0.3 is 0 Å². The van der Waals surface area contributed by atoms with Crippen LogP contribution in [0.15, 0.2) is 16.8 Å². The Bertz CT molecular complexity index is 397. The van der Waals surface area contributed by atoms with Gasteiger partial charge in [-0.25, -0.2) is 0 Å². The van der Waals surface area contributed by atoms with Crippen LogP contribution < -0.4 is 5.32 Å². The van der Waals surface area contributed by atoms with Crippen LogP contribution in [0.3, 0.4) is 0 Å². The minimum absolute atomic E-state index is 0.201. The van der Waals surface area contributed by atoms with E-state index in [1.165, 1.54) is 5.56 Å². The Kier molecular flexibility index (Phi) is 4.96. The van der Waals surface area contributed by atoms with Gasteiger partial charge in [-0.05, 0) is 36.2 Å². The number of carbonyl (C=O) groups excluding carboxylic acids is 1. The maximum Gasteiger partial charge on any atom is 0.236 e. The van der Waals surface area contributed by atoms with Crippen molar-refractivity contribution in [2.45, 2.75) is 32.5 Å². The zero-order chi connectivity index (χ0) is 13.8. The fourth-order valence-electron chi connectivity index (χ4n) is 2.63. The van der Waals surface area contributed by atoms with Crippen LogP contribution >= 0.6 is 11.3 Å². The van der Waals surface area contributed by atoms with Gasteiger partial charge in [-0.1, -0.05) is 0 Å². The average Bonchev–Trinajstić information content (AvgIpc) is 2.80. The van der Waals surface area contributed by atoms with E-state index in [0.29, 0.717) is 25.2 Å². The Hall–Kier alpha value is -0.910. The molecule has 1 saturated heterocycles. The molecule has 1 aromatic rings. The average molecular weight is 281 g/mol. The number of carbonyl (C=O) groups is 1. The predicted octanol–water partition coefficient (Wildman–Crippen LogP) is 1.39.